The third kappa shape index (κ3) is 5.65. The quantitative estimate of drug-likeness (QED) is 0.703. The van der Waals surface area contributed by atoms with Gasteiger partial charge in [-0.2, -0.15) is 0 Å². The molecule has 1 aromatic heterocycles. The summed E-state index contributed by atoms with van der Waals surface area (Å²) < 4.78 is 11.4. The van der Waals surface area contributed by atoms with Crippen LogP contribution in [0.25, 0.3) is 0 Å². The van der Waals surface area contributed by atoms with Crippen LogP contribution >= 0.6 is 27.3 Å². The Labute approximate surface area is 153 Å². The van der Waals surface area contributed by atoms with Gasteiger partial charge in [-0.15, -0.1) is 11.3 Å². The third-order valence-electron chi connectivity index (χ3n) is 3.29. The number of carbonyl (C=O) groups excluding carboxylic acids is 2. The van der Waals surface area contributed by atoms with E-state index in [-0.39, 0.29) is 24.9 Å². The van der Waals surface area contributed by atoms with Crippen molar-refractivity contribution in [2.45, 2.75) is 26.0 Å². The number of hydrogen-bond acceptors (Lipinski definition) is 5. The minimum atomic E-state index is -0.435. The third-order valence-corrected chi connectivity index (χ3v) is 4.84. The number of nitrogens with one attached hydrogen (secondary N) is 1. The zero-order valence-electron chi connectivity index (χ0n) is 13.4. The molecule has 0 saturated heterocycles. The van der Waals surface area contributed by atoms with E-state index in [1.165, 1.54) is 18.3 Å². The van der Waals surface area contributed by atoms with E-state index in [1.807, 2.05) is 23.6 Å². The van der Waals surface area contributed by atoms with Crippen molar-refractivity contribution >= 4 is 39.1 Å². The van der Waals surface area contributed by atoms with E-state index < -0.39 is 6.04 Å². The zero-order chi connectivity index (χ0) is 17.5. The highest BCUT2D eigenvalue weighted by Crippen LogP contribution is 2.23. The van der Waals surface area contributed by atoms with Crippen LogP contribution in [0, 0.1) is 0 Å². The molecule has 0 spiro atoms. The molecule has 1 atom stereocenters. The molecule has 0 radical (unpaired) electrons. The van der Waals surface area contributed by atoms with E-state index in [1.54, 1.807) is 19.2 Å². The maximum atomic E-state index is 12.1. The molecule has 24 heavy (non-hydrogen) atoms. The van der Waals surface area contributed by atoms with E-state index >= 15 is 0 Å². The second-order valence-corrected chi connectivity index (χ2v) is 7.44. The van der Waals surface area contributed by atoms with Crippen molar-refractivity contribution in [2.24, 2.45) is 0 Å². The molecule has 0 aliphatic carbocycles. The molecule has 1 N–H and O–H groups in total. The maximum absolute atomic E-state index is 12.1. The van der Waals surface area contributed by atoms with Crippen molar-refractivity contribution < 1.29 is 19.1 Å². The Balaban J connectivity index is 1.98. The molecule has 2 aromatic rings. The molecular weight excluding hydrogens is 394 g/mol. The largest absolute Gasteiger partial charge is 0.497 e. The highest BCUT2D eigenvalue weighted by Gasteiger charge is 2.18. The standard InChI is InChI=1S/C17H18BrNO4S/c1-11(20)19-15(13-3-5-14(22-2)6-4-13)8-17(21)23-9-12-7-16(18)24-10-12/h3-7,10,15H,8-9H2,1-2H3,(H,19,20). The van der Waals surface area contributed by atoms with Crippen LogP contribution in [0.15, 0.2) is 39.5 Å². The minimum absolute atomic E-state index is 0.0667. The van der Waals surface area contributed by atoms with E-state index in [0.717, 1.165) is 14.9 Å². The number of thiophene rings is 1. The summed E-state index contributed by atoms with van der Waals surface area (Å²) in [6.07, 6.45) is 0.0667. The van der Waals surface area contributed by atoms with Gasteiger partial charge in [0.25, 0.3) is 0 Å². The highest BCUT2D eigenvalue weighted by molar-refractivity contribution is 9.11. The van der Waals surface area contributed by atoms with Crippen LogP contribution in [0.2, 0.25) is 0 Å². The van der Waals surface area contributed by atoms with Gasteiger partial charge in [0.05, 0.1) is 23.4 Å². The summed E-state index contributed by atoms with van der Waals surface area (Å²) in [6.45, 7) is 1.64. The normalized spacial score (nSPS) is 11.6. The van der Waals surface area contributed by atoms with E-state index in [4.69, 9.17) is 9.47 Å². The molecule has 1 amide bonds. The van der Waals surface area contributed by atoms with Crippen LogP contribution in [0.5, 0.6) is 5.75 Å². The molecule has 128 valence electrons. The van der Waals surface area contributed by atoms with Crippen LogP contribution in [0.4, 0.5) is 0 Å². The predicted octanol–water partition coefficient (Wildman–Crippen LogP) is 3.83. The van der Waals surface area contributed by atoms with E-state index in [0.29, 0.717) is 5.75 Å². The smallest absolute Gasteiger partial charge is 0.308 e. The number of rotatable bonds is 7. The van der Waals surface area contributed by atoms with Crippen LogP contribution < -0.4 is 10.1 Å². The second kappa shape index (κ2) is 8.84. The second-order valence-electron chi connectivity index (χ2n) is 5.15. The molecule has 0 aliphatic heterocycles. The minimum Gasteiger partial charge on any atom is -0.497 e. The topological polar surface area (TPSA) is 64.6 Å². The summed E-state index contributed by atoms with van der Waals surface area (Å²) in [5, 5.41) is 4.70. The van der Waals surface area contributed by atoms with Crippen LogP contribution in [-0.2, 0) is 20.9 Å². The lowest BCUT2D eigenvalue weighted by Crippen LogP contribution is -2.28. The fourth-order valence-corrected chi connectivity index (χ4v) is 3.34. The van der Waals surface area contributed by atoms with Crippen molar-refractivity contribution in [2.75, 3.05) is 7.11 Å². The van der Waals surface area contributed by atoms with Crippen LogP contribution in [-0.4, -0.2) is 19.0 Å². The van der Waals surface area contributed by atoms with Gasteiger partial charge in [0.15, 0.2) is 0 Å². The van der Waals surface area contributed by atoms with Gasteiger partial charge in [0, 0.05) is 12.5 Å². The first-order chi connectivity index (χ1) is 11.5. The molecule has 0 saturated carbocycles. The summed E-state index contributed by atoms with van der Waals surface area (Å²) >= 11 is 4.90. The number of amides is 1. The fourth-order valence-electron chi connectivity index (χ4n) is 2.14. The molecule has 1 unspecified atom stereocenters. The Morgan fingerprint density at radius 2 is 2.00 bits per heavy atom. The van der Waals surface area contributed by atoms with Gasteiger partial charge in [0.1, 0.15) is 12.4 Å². The van der Waals surface area contributed by atoms with Gasteiger partial charge in [-0.1, -0.05) is 12.1 Å². The van der Waals surface area contributed by atoms with Gasteiger partial charge in [-0.25, -0.2) is 0 Å². The summed E-state index contributed by atoms with van der Waals surface area (Å²) in [5.74, 6) is 0.142. The predicted molar refractivity (Wildman–Crippen MR) is 96.0 cm³/mol. The molecule has 0 fully saturated rings. The Kier molecular flexibility index (Phi) is 6.81. The maximum Gasteiger partial charge on any atom is 0.308 e. The first kappa shape index (κ1) is 18.5. The van der Waals surface area contributed by atoms with Crippen molar-refractivity contribution in [3.8, 4) is 5.75 Å². The number of benzene rings is 1. The number of carbonyl (C=O) groups is 2. The summed E-state index contributed by atoms with van der Waals surface area (Å²) in [4.78, 5) is 23.5. The molecule has 7 heteroatoms. The first-order valence-corrected chi connectivity index (χ1v) is 8.94. The van der Waals surface area contributed by atoms with Crippen LogP contribution in [0.1, 0.15) is 30.5 Å². The summed E-state index contributed by atoms with van der Waals surface area (Å²) in [7, 11) is 1.58. The Morgan fingerprint density at radius 1 is 1.29 bits per heavy atom. The molecule has 1 aromatic carbocycles. The lowest BCUT2D eigenvalue weighted by molar-refractivity contribution is -0.145. The van der Waals surface area contributed by atoms with Gasteiger partial charge in [-0.3, -0.25) is 9.59 Å². The van der Waals surface area contributed by atoms with Crippen molar-refractivity contribution in [3.05, 3.63) is 50.6 Å². The fraction of sp³-hybridized carbons (Fsp3) is 0.294. The Hall–Kier alpha value is -1.86. The molecule has 0 bridgehead atoms. The average molecular weight is 412 g/mol. The number of halogens is 1. The summed E-state index contributed by atoms with van der Waals surface area (Å²) in [6, 6.07) is 8.70. The summed E-state index contributed by atoms with van der Waals surface area (Å²) in [5.41, 5.74) is 1.75. The number of methoxy groups -OCH3 is 1. The van der Waals surface area contributed by atoms with E-state index in [9.17, 15) is 9.59 Å². The zero-order valence-corrected chi connectivity index (χ0v) is 15.8. The SMILES string of the molecule is COc1ccc(C(CC(=O)OCc2csc(Br)c2)NC(C)=O)cc1. The Morgan fingerprint density at radius 3 is 2.54 bits per heavy atom. The molecule has 5 nitrogen and oxygen atoms in total. The Bertz CT molecular complexity index is 699. The number of esters is 1. The number of hydrogen-bond donors (Lipinski definition) is 1. The highest BCUT2D eigenvalue weighted by atomic mass is 79.9. The average Bonchev–Trinajstić information content (AvgIpc) is 2.97. The van der Waals surface area contributed by atoms with Crippen molar-refractivity contribution in [1.29, 1.82) is 0 Å². The lowest BCUT2D eigenvalue weighted by Gasteiger charge is -2.18. The first-order valence-electron chi connectivity index (χ1n) is 7.27. The molecule has 2 rings (SSSR count). The van der Waals surface area contributed by atoms with Gasteiger partial charge in [0.2, 0.25) is 5.91 Å². The van der Waals surface area contributed by atoms with Gasteiger partial charge < -0.3 is 14.8 Å². The van der Waals surface area contributed by atoms with Gasteiger partial charge in [-0.05, 0) is 45.1 Å². The monoisotopic (exact) mass is 411 g/mol. The van der Waals surface area contributed by atoms with Crippen molar-refractivity contribution in [1.82, 2.24) is 5.32 Å². The number of ether oxygens (including phenoxy) is 2. The van der Waals surface area contributed by atoms with Crippen LogP contribution in [0.3, 0.4) is 0 Å². The van der Waals surface area contributed by atoms with Gasteiger partial charge >= 0.3 is 5.97 Å². The molecular formula is C17H18BrNO4S. The molecule has 0 aliphatic rings. The lowest BCUT2D eigenvalue weighted by atomic mass is 10.0. The van der Waals surface area contributed by atoms with E-state index in [2.05, 4.69) is 21.2 Å². The molecule has 1 heterocycles. The van der Waals surface area contributed by atoms with Crippen molar-refractivity contribution in [3.63, 3.8) is 0 Å².